The number of hydrogen-bond acceptors (Lipinski definition) is 5. The molecule has 4 rings (SSSR count). The number of furan rings is 1. The van der Waals surface area contributed by atoms with Crippen molar-refractivity contribution >= 4 is 17.5 Å². The third kappa shape index (κ3) is 4.51. The number of hydrogen-bond donors (Lipinski definition) is 1. The van der Waals surface area contributed by atoms with Crippen LogP contribution in [0.3, 0.4) is 0 Å². The highest BCUT2D eigenvalue weighted by atomic mass is 16.5. The molecule has 1 aliphatic rings. The number of ether oxygens (including phenoxy) is 1. The number of nitrogens with one attached hydrogen (secondary N) is 1. The molecule has 0 saturated heterocycles. The summed E-state index contributed by atoms with van der Waals surface area (Å²) in [4.78, 5) is 30.7. The normalized spacial score (nSPS) is 13.5. The van der Waals surface area contributed by atoms with Gasteiger partial charge in [0.25, 0.3) is 11.8 Å². The van der Waals surface area contributed by atoms with E-state index in [4.69, 9.17) is 9.15 Å². The van der Waals surface area contributed by atoms with E-state index in [0.29, 0.717) is 18.1 Å². The molecular weight excluding hydrogens is 406 g/mol. The quantitative estimate of drug-likeness (QED) is 0.603. The summed E-state index contributed by atoms with van der Waals surface area (Å²) in [7, 11) is 0. The Labute approximate surface area is 187 Å². The number of carbonyl (C=O) groups is 2. The zero-order valence-corrected chi connectivity index (χ0v) is 18.6. The minimum atomic E-state index is -0.311. The predicted octanol–water partition coefficient (Wildman–Crippen LogP) is 4.22. The van der Waals surface area contributed by atoms with Gasteiger partial charge in [0.1, 0.15) is 11.5 Å². The summed E-state index contributed by atoms with van der Waals surface area (Å²) >= 11 is 0. The molecule has 1 N–H and O–H groups in total. The highest BCUT2D eigenvalue weighted by Crippen LogP contribution is 2.38. The molecule has 0 saturated carbocycles. The Morgan fingerprint density at radius 3 is 2.69 bits per heavy atom. The second-order valence-corrected chi connectivity index (χ2v) is 8.49. The van der Waals surface area contributed by atoms with Crippen molar-refractivity contribution in [3.05, 3.63) is 77.5 Å². The Bertz CT molecular complexity index is 1120. The number of anilines is 1. The van der Waals surface area contributed by atoms with Crippen LogP contribution in [0.5, 0.6) is 5.75 Å². The van der Waals surface area contributed by atoms with E-state index < -0.39 is 0 Å². The molecule has 3 aromatic rings. The van der Waals surface area contributed by atoms with Gasteiger partial charge in [0.05, 0.1) is 12.2 Å². The molecule has 0 spiro atoms. The zero-order chi connectivity index (χ0) is 22.7. The molecule has 0 fully saturated rings. The summed E-state index contributed by atoms with van der Waals surface area (Å²) < 4.78 is 11.4. The number of fused-ring (bicyclic) bond motifs is 1. The fraction of sp³-hybridized carbons (Fsp3) is 0.320. The van der Waals surface area contributed by atoms with Gasteiger partial charge in [-0.15, -0.1) is 0 Å². The van der Waals surface area contributed by atoms with Crippen molar-refractivity contribution in [2.24, 2.45) is 0 Å². The van der Waals surface area contributed by atoms with Crippen LogP contribution in [-0.2, 0) is 23.3 Å². The van der Waals surface area contributed by atoms with Crippen LogP contribution in [0.4, 0.5) is 5.69 Å². The van der Waals surface area contributed by atoms with Gasteiger partial charge in [-0.05, 0) is 59.4 Å². The van der Waals surface area contributed by atoms with Crippen LogP contribution in [-0.4, -0.2) is 23.4 Å². The van der Waals surface area contributed by atoms with Gasteiger partial charge in [-0.3, -0.25) is 19.5 Å². The lowest BCUT2D eigenvalue weighted by Crippen LogP contribution is -2.38. The average Bonchev–Trinajstić information content (AvgIpc) is 3.28. The molecule has 7 nitrogen and oxygen atoms in total. The van der Waals surface area contributed by atoms with Crippen molar-refractivity contribution in [2.45, 2.75) is 45.7 Å². The first-order valence-electron chi connectivity index (χ1n) is 10.7. The highest BCUT2D eigenvalue weighted by molar-refractivity contribution is 5.98. The van der Waals surface area contributed by atoms with E-state index in [1.165, 1.54) is 0 Å². The smallest absolute Gasteiger partial charge is 0.287 e. The molecule has 0 aliphatic carbocycles. The van der Waals surface area contributed by atoms with Crippen molar-refractivity contribution < 1.29 is 18.7 Å². The van der Waals surface area contributed by atoms with E-state index in [1.54, 1.807) is 29.4 Å². The first kappa shape index (κ1) is 21.6. The Balaban J connectivity index is 1.50. The first-order chi connectivity index (χ1) is 15.4. The largest absolute Gasteiger partial charge is 0.482 e. The van der Waals surface area contributed by atoms with Gasteiger partial charge in [-0.1, -0.05) is 26.8 Å². The maximum atomic E-state index is 12.7. The molecule has 166 valence electrons. The molecular formula is C25H27N3O4. The topological polar surface area (TPSA) is 84.7 Å². The van der Waals surface area contributed by atoms with Crippen LogP contribution in [0, 0.1) is 0 Å². The van der Waals surface area contributed by atoms with Gasteiger partial charge in [0.2, 0.25) is 0 Å². The summed E-state index contributed by atoms with van der Waals surface area (Å²) in [5.74, 6) is 0.941. The van der Waals surface area contributed by atoms with E-state index >= 15 is 0 Å². The van der Waals surface area contributed by atoms with Crippen LogP contribution in [0.15, 0.2) is 59.3 Å². The van der Waals surface area contributed by atoms with Crippen molar-refractivity contribution in [3.8, 4) is 5.75 Å². The van der Waals surface area contributed by atoms with Gasteiger partial charge >= 0.3 is 0 Å². The van der Waals surface area contributed by atoms with Crippen LogP contribution in [0.1, 0.15) is 54.6 Å². The third-order valence-electron chi connectivity index (χ3n) is 5.97. The number of benzene rings is 1. The molecule has 0 atom stereocenters. The maximum Gasteiger partial charge on any atom is 0.287 e. The molecule has 0 unspecified atom stereocenters. The van der Waals surface area contributed by atoms with Crippen molar-refractivity contribution in [3.63, 3.8) is 0 Å². The number of aromatic nitrogens is 1. The summed E-state index contributed by atoms with van der Waals surface area (Å²) in [5, 5.41) is 2.83. The lowest BCUT2D eigenvalue weighted by atomic mass is 9.82. The summed E-state index contributed by atoms with van der Waals surface area (Å²) in [6, 6.07) is 13.0. The molecule has 1 aromatic carbocycles. The third-order valence-corrected chi connectivity index (χ3v) is 5.97. The molecule has 32 heavy (non-hydrogen) atoms. The van der Waals surface area contributed by atoms with Gasteiger partial charge in [0.15, 0.2) is 12.4 Å². The maximum absolute atomic E-state index is 12.7. The molecule has 3 heterocycles. The second kappa shape index (κ2) is 8.86. The van der Waals surface area contributed by atoms with Gasteiger partial charge < -0.3 is 14.5 Å². The summed E-state index contributed by atoms with van der Waals surface area (Å²) in [6.07, 6.45) is 4.32. The van der Waals surface area contributed by atoms with Crippen LogP contribution in [0.25, 0.3) is 0 Å². The Kier molecular flexibility index (Phi) is 5.99. The second-order valence-electron chi connectivity index (χ2n) is 8.49. The molecule has 0 radical (unpaired) electrons. The van der Waals surface area contributed by atoms with Crippen LogP contribution in [0.2, 0.25) is 0 Å². The lowest BCUT2D eigenvalue weighted by molar-refractivity contribution is -0.121. The molecule has 7 heteroatoms. The number of carbonyl (C=O) groups excluding carboxylic acids is 2. The molecule has 2 aromatic heterocycles. The average molecular weight is 434 g/mol. The van der Waals surface area contributed by atoms with Gasteiger partial charge in [0, 0.05) is 18.9 Å². The van der Waals surface area contributed by atoms with E-state index in [0.717, 1.165) is 23.2 Å². The van der Waals surface area contributed by atoms with E-state index in [9.17, 15) is 9.59 Å². The van der Waals surface area contributed by atoms with E-state index in [-0.39, 0.29) is 36.1 Å². The zero-order valence-electron chi connectivity index (χ0n) is 18.6. The number of nitrogens with zero attached hydrogens (tertiary/aromatic N) is 2. The number of pyridine rings is 1. The van der Waals surface area contributed by atoms with Gasteiger partial charge in [-0.2, -0.15) is 0 Å². The van der Waals surface area contributed by atoms with Crippen molar-refractivity contribution in [1.82, 2.24) is 10.3 Å². The Morgan fingerprint density at radius 1 is 1.16 bits per heavy atom. The minimum Gasteiger partial charge on any atom is -0.482 e. The molecule has 0 bridgehead atoms. The first-order valence-corrected chi connectivity index (χ1v) is 10.7. The van der Waals surface area contributed by atoms with E-state index in [2.05, 4.69) is 37.1 Å². The monoisotopic (exact) mass is 433 g/mol. The summed E-state index contributed by atoms with van der Waals surface area (Å²) in [6.45, 7) is 7.07. The van der Waals surface area contributed by atoms with Crippen LogP contribution < -0.4 is 15.0 Å². The van der Waals surface area contributed by atoms with E-state index in [1.807, 2.05) is 24.3 Å². The fourth-order valence-corrected chi connectivity index (χ4v) is 3.51. The Morgan fingerprint density at radius 2 is 1.94 bits per heavy atom. The predicted molar refractivity (Wildman–Crippen MR) is 121 cm³/mol. The fourth-order valence-electron chi connectivity index (χ4n) is 3.51. The minimum absolute atomic E-state index is 0.0219. The lowest BCUT2D eigenvalue weighted by Gasteiger charge is -2.31. The van der Waals surface area contributed by atoms with Crippen molar-refractivity contribution in [2.75, 3.05) is 11.5 Å². The standard InChI is InChI=1S/C25H27N3O4/c1-4-25(2,3)18-5-7-21-20(13-18)28(23(29)16-31-21)15-19-6-8-22(32-19)24(30)27-14-17-9-11-26-12-10-17/h5-13H,4,14-16H2,1-3H3,(H,27,30). The number of amides is 2. The Hall–Kier alpha value is -3.61. The molecule has 1 aliphatic heterocycles. The molecule has 2 amide bonds. The SMILES string of the molecule is CCC(C)(C)c1ccc2c(c1)N(Cc1ccc(C(=O)NCc3ccncc3)o1)C(=O)CO2. The van der Waals surface area contributed by atoms with Gasteiger partial charge in [-0.25, -0.2) is 0 Å². The highest BCUT2D eigenvalue weighted by Gasteiger charge is 2.29. The number of rotatable bonds is 7. The van der Waals surface area contributed by atoms with Crippen molar-refractivity contribution in [1.29, 1.82) is 0 Å². The summed E-state index contributed by atoms with van der Waals surface area (Å²) in [5.41, 5.74) is 2.78. The van der Waals surface area contributed by atoms with Crippen LogP contribution >= 0.6 is 0 Å².